The lowest BCUT2D eigenvalue weighted by Gasteiger charge is -2.23. The first kappa shape index (κ1) is 12.5. The topological polar surface area (TPSA) is 52.3 Å². The van der Waals surface area contributed by atoms with Crippen LogP contribution in [0.1, 0.15) is 24.2 Å². The van der Waals surface area contributed by atoms with Crippen molar-refractivity contribution < 1.29 is 9.53 Å². The minimum Gasteiger partial charge on any atom is -0.400 e. The molecule has 1 aromatic rings. The molecule has 0 unspecified atom stereocenters. The van der Waals surface area contributed by atoms with Crippen molar-refractivity contribution in [1.29, 1.82) is 0 Å². The Hall–Kier alpha value is -1.61. The van der Waals surface area contributed by atoms with Gasteiger partial charge in [-0.2, -0.15) is 0 Å². The van der Waals surface area contributed by atoms with Crippen LogP contribution in [0.4, 0.5) is 0 Å². The van der Waals surface area contributed by atoms with Crippen LogP contribution in [0, 0.1) is 0 Å². The number of hydrogen-bond donors (Lipinski definition) is 1. The molecule has 0 bridgehead atoms. The van der Waals surface area contributed by atoms with Gasteiger partial charge in [0.05, 0.1) is 0 Å². The van der Waals surface area contributed by atoms with Gasteiger partial charge < -0.3 is 10.5 Å². The van der Waals surface area contributed by atoms with E-state index in [2.05, 4.69) is 0 Å². The maximum Gasteiger partial charge on any atom is 0.187 e. The molecule has 0 heterocycles. The van der Waals surface area contributed by atoms with Gasteiger partial charge in [0.15, 0.2) is 5.78 Å². The molecule has 0 atom stereocenters. The normalized spacial score (nSPS) is 12.6. The lowest BCUT2D eigenvalue weighted by atomic mass is 10.0. The van der Waals surface area contributed by atoms with E-state index in [0.717, 1.165) is 0 Å². The Balaban J connectivity index is 2.90. The molecule has 3 heteroatoms. The third-order valence-electron chi connectivity index (χ3n) is 2.55. The highest BCUT2D eigenvalue weighted by Crippen LogP contribution is 2.15. The van der Waals surface area contributed by atoms with E-state index in [0.29, 0.717) is 11.3 Å². The molecule has 86 valence electrons. The number of benzene rings is 1. The summed E-state index contributed by atoms with van der Waals surface area (Å²) in [5, 5.41) is 0. The highest BCUT2D eigenvalue weighted by molar-refractivity contribution is 6.04. The van der Waals surface area contributed by atoms with Crippen molar-refractivity contribution >= 4 is 5.78 Å². The third-order valence-corrected chi connectivity index (χ3v) is 2.55. The molecule has 0 radical (unpaired) electrons. The molecule has 1 rings (SSSR count). The average Bonchev–Trinajstić information content (AvgIpc) is 2.30. The molecular formula is C13H17NO2. The Bertz CT molecular complexity index is 394. The summed E-state index contributed by atoms with van der Waals surface area (Å²) in [7, 11) is 1.56. The maximum absolute atomic E-state index is 11.8. The van der Waals surface area contributed by atoms with Crippen molar-refractivity contribution in [1.82, 2.24) is 0 Å². The molecule has 16 heavy (non-hydrogen) atoms. The number of allylic oxidation sites excluding steroid dienone is 1. The van der Waals surface area contributed by atoms with Crippen LogP contribution >= 0.6 is 0 Å². The lowest BCUT2D eigenvalue weighted by molar-refractivity contribution is 0.0532. The Kier molecular flexibility index (Phi) is 3.85. The fourth-order valence-electron chi connectivity index (χ4n) is 1.12. The van der Waals surface area contributed by atoms with E-state index < -0.39 is 5.60 Å². The van der Waals surface area contributed by atoms with Gasteiger partial charge >= 0.3 is 0 Å². The van der Waals surface area contributed by atoms with Crippen molar-refractivity contribution in [2.45, 2.75) is 19.4 Å². The zero-order valence-electron chi connectivity index (χ0n) is 9.86. The first-order chi connectivity index (χ1) is 7.47. The molecular weight excluding hydrogens is 202 g/mol. The molecule has 0 aromatic heterocycles. The summed E-state index contributed by atoms with van der Waals surface area (Å²) < 4.78 is 5.19. The zero-order valence-corrected chi connectivity index (χ0v) is 9.86. The average molecular weight is 219 g/mol. The summed E-state index contributed by atoms with van der Waals surface area (Å²) in [4.78, 5) is 11.8. The van der Waals surface area contributed by atoms with Gasteiger partial charge in [-0.25, -0.2) is 0 Å². The minimum absolute atomic E-state index is 0.108. The Morgan fingerprint density at radius 2 is 1.88 bits per heavy atom. The van der Waals surface area contributed by atoms with Crippen molar-refractivity contribution in [2.75, 3.05) is 7.11 Å². The molecule has 0 saturated heterocycles. The van der Waals surface area contributed by atoms with E-state index in [-0.39, 0.29) is 5.78 Å². The van der Waals surface area contributed by atoms with Crippen molar-refractivity contribution in [3.63, 3.8) is 0 Å². The van der Waals surface area contributed by atoms with Gasteiger partial charge in [-0.05, 0) is 13.8 Å². The molecule has 2 N–H and O–H groups in total. The van der Waals surface area contributed by atoms with E-state index in [1.54, 1.807) is 19.2 Å². The molecule has 0 aliphatic rings. The quantitative estimate of drug-likeness (QED) is 0.623. The summed E-state index contributed by atoms with van der Waals surface area (Å²) in [6, 6.07) is 9.01. The monoisotopic (exact) mass is 219 g/mol. The smallest absolute Gasteiger partial charge is 0.187 e. The molecule has 1 aromatic carbocycles. The highest BCUT2D eigenvalue weighted by Gasteiger charge is 2.20. The standard InChI is InChI=1S/C13H17NO2/c1-13(2,16-3)12(14)9-11(15)10-7-5-4-6-8-10/h4-9H,14H2,1-3H3/b12-9-. The summed E-state index contributed by atoms with van der Waals surface area (Å²) in [6.07, 6.45) is 1.42. The number of hydrogen-bond acceptors (Lipinski definition) is 3. The minimum atomic E-state index is -0.621. The first-order valence-electron chi connectivity index (χ1n) is 5.09. The number of ketones is 1. The van der Waals surface area contributed by atoms with E-state index in [9.17, 15) is 4.79 Å². The number of methoxy groups -OCH3 is 1. The second kappa shape index (κ2) is 4.94. The Morgan fingerprint density at radius 3 is 2.38 bits per heavy atom. The van der Waals surface area contributed by atoms with Gasteiger partial charge in [0.2, 0.25) is 0 Å². The van der Waals surface area contributed by atoms with Gasteiger partial charge in [0, 0.05) is 24.4 Å². The molecule has 0 saturated carbocycles. The van der Waals surface area contributed by atoms with Crippen LogP contribution in [-0.2, 0) is 4.74 Å². The molecule has 0 aliphatic heterocycles. The van der Waals surface area contributed by atoms with Crippen molar-refractivity contribution in [2.24, 2.45) is 5.73 Å². The Morgan fingerprint density at radius 1 is 1.31 bits per heavy atom. The number of carbonyl (C=O) groups is 1. The van der Waals surface area contributed by atoms with E-state index in [1.165, 1.54) is 6.08 Å². The number of rotatable bonds is 4. The predicted octanol–water partition coefficient (Wildman–Crippen LogP) is 2.14. The molecule has 0 amide bonds. The summed E-state index contributed by atoms with van der Waals surface area (Å²) >= 11 is 0. The van der Waals surface area contributed by atoms with Crippen LogP contribution in [0.3, 0.4) is 0 Å². The molecule has 0 fully saturated rings. The molecule has 0 spiro atoms. The van der Waals surface area contributed by atoms with Gasteiger partial charge in [-0.15, -0.1) is 0 Å². The number of ether oxygens (including phenoxy) is 1. The van der Waals surface area contributed by atoms with Crippen LogP contribution < -0.4 is 5.73 Å². The first-order valence-corrected chi connectivity index (χ1v) is 5.09. The largest absolute Gasteiger partial charge is 0.400 e. The van der Waals surface area contributed by atoms with Gasteiger partial charge in [0.1, 0.15) is 5.60 Å². The highest BCUT2D eigenvalue weighted by atomic mass is 16.5. The van der Waals surface area contributed by atoms with E-state index in [4.69, 9.17) is 10.5 Å². The Labute approximate surface area is 95.9 Å². The fraction of sp³-hybridized carbons (Fsp3) is 0.308. The van der Waals surface area contributed by atoms with Crippen molar-refractivity contribution in [3.05, 3.63) is 47.7 Å². The lowest BCUT2D eigenvalue weighted by Crippen LogP contribution is -2.31. The van der Waals surface area contributed by atoms with E-state index >= 15 is 0 Å². The van der Waals surface area contributed by atoms with Gasteiger partial charge in [-0.3, -0.25) is 4.79 Å². The molecule has 3 nitrogen and oxygen atoms in total. The molecule has 0 aliphatic carbocycles. The zero-order chi connectivity index (χ0) is 12.2. The fourth-order valence-corrected chi connectivity index (χ4v) is 1.12. The van der Waals surface area contributed by atoms with Crippen molar-refractivity contribution in [3.8, 4) is 0 Å². The second-order valence-electron chi connectivity index (χ2n) is 4.04. The number of nitrogens with two attached hydrogens (primary N) is 1. The summed E-state index contributed by atoms with van der Waals surface area (Å²) in [5.74, 6) is -0.108. The second-order valence-corrected chi connectivity index (χ2v) is 4.04. The maximum atomic E-state index is 11.8. The summed E-state index contributed by atoms with van der Waals surface area (Å²) in [6.45, 7) is 3.63. The van der Waals surface area contributed by atoms with Crippen LogP contribution in [0.25, 0.3) is 0 Å². The van der Waals surface area contributed by atoms with Crippen LogP contribution in [0.15, 0.2) is 42.1 Å². The number of carbonyl (C=O) groups excluding carboxylic acids is 1. The van der Waals surface area contributed by atoms with Gasteiger partial charge in [0.25, 0.3) is 0 Å². The SMILES string of the molecule is COC(C)(C)/C(N)=C/C(=O)c1ccccc1. The van der Waals surface area contributed by atoms with Crippen LogP contribution in [0.5, 0.6) is 0 Å². The van der Waals surface area contributed by atoms with Crippen LogP contribution in [0.2, 0.25) is 0 Å². The van der Waals surface area contributed by atoms with E-state index in [1.807, 2.05) is 32.0 Å². The van der Waals surface area contributed by atoms with Gasteiger partial charge in [-0.1, -0.05) is 30.3 Å². The third kappa shape index (κ3) is 2.94. The summed E-state index contributed by atoms with van der Waals surface area (Å²) in [5.41, 5.74) is 6.24. The van der Waals surface area contributed by atoms with Crippen LogP contribution in [-0.4, -0.2) is 18.5 Å². The predicted molar refractivity (Wildman–Crippen MR) is 64.1 cm³/mol.